The van der Waals surface area contributed by atoms with Crippen molar-refractivity contribution in [1.82, 2.24) is 10.2 Å². The summed E-state index contributed by atoms with van der Waals surface area (Å²) in [6, 6.07) is 0.376. The van der Waals surface area contributed by atoms with E-state index in [1.807, 2.05) is 0 Å². The molecule has 20 heavy (non-hydrogen) atoms. The average molecular weight is 292 g/mol. The maximum absolute atomic E-state index is 12.6. The van der Waals surface area contributed by atoms with Crippen LogP contribution in [0, 0.1) is 11.3 Å². The Morgan fingerprint density at radius 3 is 2.65 bits per heavy atom. The number of rotatable bonds is 9. The Kier molecular flexibility index (Phi) is 7.34. The zero-order valence-electron chi connectivity index (χ0n) is 13.0. The topological polar surface area (TPSA) is 35.5 Å². The van der Waals surface area contributed by atoms with Gasteiger partial charge in [-0.15, -0.1) is 0 Å². The van der Waals surface area contributed by atoms with Gasteiger partial charge in [-0.1, -0.05) is 20.8 Å². The number of nitrogens with one attached hydrogen (secondary N) is 1. The van der Waals surface area contributed by atoms with Gasteiger partial charge in [0, 0.05) is 19.1 Å². The van der Waals surface area contributed by atoms with Gasteiger partial charge in [-0.2, -0.15) is 0 Å². The van der Waals surface area contributed by atoms with Crippen LogP contribution in [0.4, 0.5) is 8.78 Å². The lowest BCUT2D eigenvalue weighted by atomic mass is 9.84. The number of halogens is 2. The number of nitrogens with zero attached hydrogens (tertiary/aromatic N) is 1. The van der Waals surface area contributed by atoms with Gasteiger partial charge in [0.2, 0.25) is 0 Å². The van der Waals surface area contributed by atoms with Gasteiger partial charge >= 0.3 is 0 Å². The summed E-state index contributed by atoms with van der Waals surface area (Å²) in [7, 11) is 0. The summed E-state index contributed by atoms with van der Waals surface area (Å²) in [6.45, 7) is 8.30. The fourth-order valence-electron chi connectivity index (χ4n) is 3.38. The minimum atomic E-state index is -2.34. The van der Waals surface area contributed by atoms with Gasteiger partial charge in [0.05, 0.1) is 13.2 Å². The first-order valence-corrected chi connectivity index (χ1v) is 7.75. The molecule has 2 N–H and O–H groups in total. The number of aliphatic hydroxyl groups excluding tert-OH is 1. The van der Waals surface area contributed by atoms with Crippen LogP contribution in [0.1, 0.15) is 40.0 Å². The summed E-state index contributed by atoms with van der Waals surface area (Å²) in [5.74, 6) is 0.391. The zero-order chi connectivity index (χ0) is 15.2. The molecule has 1 aliphatic carbocycles. The molecular formula is C15H30F2N2O. The Labute approximate surface area is 121 Å². The molecule has 1 saturated carbocycles. The third kappa shape index (κ3) is 5.26. The molecule has 2 unspecified atom stereocenters. The van der Waals surface area contributed by atoms with E-state index in [2.05, 4.69) is 26.1 Å². The summed E-state index contributed by atoms with van der Waals surface area (Å²) < 4.78 is 25.2. The first kappa shape index (κ1) is 17.8. The van der Waals surface area contributed by atoms with Crippen molar-refractivity contribution in [1.29, 1.82) is 0 Å². The fraction of sp³-hybridized carbons (Fsp3) is 1.00. The summed E-state index contributed by atoms with van der Waals surface area (Å²) in [6.07, 6.45) is 0.940. The van der Waals surface area contributed by atoms with E-state index >= 15 is 0 Å². The predicted octanol–water partition coefficient (Wildman–Crippen LogP) is 2.35. The summed E-state index contributed by atoms with van der Waals surface area (Å²) in [5, 5.41) is 12.6. The van der Waals surface area contributed by atoms with E-state index < -0.39 is 6.43 Å². The van der Waals surface area contributed by atoms with Crippen molar-refractivity contribution in [2.24, 2.45) is 11.3 Å². The van der Waals surface area contributed by atoms with Gasteiger partial charge in [-0.05, 0) is 37.1 Å². The minimum absolute atomic E-state index is 0.0596. The Hall–Kier alpha value is -0.260. The number of hydrogen-bond donors (Lipinski definition) is 2. The van der Waals surface area contributed by atoms with E-state index in [0.717, 1.165) is 25.8 Å². The minimum Gasteiger partial charge on any atom is -0.395 e. The normalized spacial score (nSPS) is 25.8. The molecule has 3 nitrogen and oxygen atoms in total. The van der Waals surface area contributed by atoms with Crippen LogP contribution in [0.3, 0.4) is 0 Å². The molecule has 0 aromatic heterocycles. The Bertz CT molecular complexity index is 275. The van der Waals surface area contributed by atoms with Crippen molar-refractivity contribution in [3.05, 3.63) is 0 Å². The molecule has 0 spiro atoms. The maximum Gasteiger partial charge on any atom is 0.251 e. The number of aliphatic hydroxyl groups is 1. The van der Waals surface area contributed by atoms with Crippen LogP contribution in [-0.4, -0.2) is 55.3 Å². The van der Waals surface area contributed by atoms with E-state index in [9.17, 15) is 8.78 Å². The molecule has 0 aliphatic heterocycles. The molecule has 1 fully saturated rings. The van der Waals surface area contributed by atoms with Gasteiger partial charge in [-0.25, -0.2) is 8.78 Å². The number of alkyl halides is 2. The Balaban J connectivity index is 2.62. The second-order valence-electron chi connectivity index (χ2n) is 6.59. The van der Waals surface area contributed by atoms with E-state index in [-0.39, 0.29) is 18.6 Å². The van der Waals surface area contributed by atoms with E-state index in [1.54, 1.807) is 4.90 Å². The van der Waals surface area contributed by atoms with E-state index in [4.69, 9.17) is 5.11 Å². The third-order valence-electron chi connectivity index (χ3n) is 4.39. The lowest BCUT2D eigenvalue weighted by Crippen LogP contribution is -2.47. The number of hydrogen-bond acceptors (Lipinski definition) is 3. The van der Waals surface area contributed by atoms with Crippen LogP contribution in [-0.2, 0) is 0 Å². The van der Waals surface area contributed by atoms with Crippen molar-refractivity contribution < 1.29 is 13.9 Å². The predicted molar refractivity (Wildman–Crippen MR) is 78.1 cm³/mol. The molecule has 0 heterocycles. The van der Waals surface area contributed by atoms with Gasteiger partial charge in [-0.3, -0.25) is 4.90 Å². The van der Waals surface area contributed by atoms with Crippen molar-refractivity contribution in [2.45, 2.75) is 52.5 Å². The van der Waals surface area contributed by atoms with Crippen molar-refractivity contribution in [2.75, 3.05) is 32.8 Å². The van der Waals surface area contributed by atoms with Crippen LogP contribution in [0.15, 0.2) is 0 Å². The van der Waals surface area contributed by atoms with Gasteiger partial charge < -0.3 is 10.4 Å². The van der Waals surface area contributed by atoms with Crippen LogP contribution < -0.4 is 5.32 Å². The molecule has 0 saturated heterocycles. The van der Waals surface area contributed by atoms with Crippen molar-refractivity contribution >= 4 is 0 Å². The molecular weight excluding hydrogens is 262 g/mol. The van der Waals surface area contributed by atoms with E-state index in [1.165, 1.54) is 0 Å². The molecule has 5 heteroatoms. The molecule has 120 valence electrons. The maximum atomic E-state index is 12.6. The van der Waals surface area contributed by atoms with Crippen LogP contribution >= 0.6 is 0 Å². The molecule has 1 aliphatic rings. The van der Waals surface area contributed by atoms with Crippen LogP contribution in [0.2, 0.25) is 0 Å². The summed E-state index contributed by atoms with van der Waals surface area (Å²) >= 11 is 0. The lowest BCUT2D eigenvalue weighted by Gasteiger charge is -2.34. The molecule has 0 bridgehead atoms. The SMILES string of the molecule is CCCNC1C(CN(CCO)CC(F)F)CCC1(C)C. The van der Waals surface area contributed by atoms with Crippen molar-refractivity contribution in [3.8, 4) is 0 Å². The molecule has 2 atom stereocenters. The zero-order valence-corrected chi connectivity index (χ0v) is 13.0. The smallest absolute Gasteiger partial charge is 0.251 e. The molecule has 0 aromatic carbocycles. The summed E-state index contributed by atoms with van der Waals surface area (Å²) in [4.78, 5) is 1.71. The fourth-order valence-corrected chi connectivity index (χ4v) is 3.38. The van der Waals surface area contributed by atoms with Gasteiger partial charge in [0.1, 0.15) is 0 Å². The Morgan fingerprint density at radius 2 is 2.10 bits per heavy atom. The molecule has 0 aromatic rings. The van der Waals surface area contributed by atoms with Gasteiger partial charge in [0.15, 0.2) is 0 Å². The second kappa shape index (κ2) is 8.25. The monoisotopic (exact) mass is 292 g/mol. The highest BCUT2D eigenvalue weighted by molar-refractivity contribution is 4.97. The molecule has 0 radical (unpaired) electrons. The molecule has 1 rings (SSSR count). The Morgan fingerprint density at radius 1 is 1.40 bits per heavy atom. The third-order valence-corrected chi connectivity index (χ3v) is 4.39. The first-order chi connectivity index (χ1) is 9.40. The first-order valence-electron chi connectivity index (χ1n) is 7.75. The highest BCUT2D eigenvalue weighted by Crippen LogP contribution is 2.41. The standard InChI is InChI=1S/C15H30F2N2O/c1-4-7-18-14-12(5-6-15(14,2)3)10-19(8-9-20)11-13(16)17/h12-14,18,20H,4-11H2,1-3H3. The highest BCUT2D eigenvalue weighted by atomic mass is 19.3. The molecule has 0 amide bonds. The lowest BCUT2D eigenvalue weighted by molar-refractivity contribution is 0.0653. The highest BCUT2D eigenvalue weighted by Gasteiger charge is 2.41. The van der Waals surface area contributed by atoms with Crippen molar-refractivity contribution in [3.63, 3.8) is 0 Å². The van der Waals surface area contributed by atoms with Crippen LogP contribution in [0.5, 0.6) is 0 Å². The van der Waals surface area contributed by atoms with Crippen LogP contribution in [0.25, 0.3) is 0 Å². The van der Waals surface area contributed by atoms with E-state index in [0.29, 0.717) is 25.0 Å². The quantitative estimate of drug-likeness (QED) is 0.685. The second-order valence-corrected chi connectivity index (χ2v) is 6.59. The largest absolute Gasteiger partial charge is 0.395 e. The average Bonchev–Trinajstić information content (AvgIpc) is 2.62. The summed E-state index contributed by atoms with van der Waals surface area (Å²) in [5.41, 5.74) is 0.218. The van der Waals surface area contributed by atoms with Gasteiger partial charge in [0.25, 0.3) is 6.43 Å².